The molecular weight excluding hydrogens is 465 g/mol. The summed E-state index contributed by atoms with van der Waals surface area (Å²) in [5.74, 6) is 3.86. The fraction of sp³-hybridized carbons (Fsp3) is 0.444. The van der Waals surface area contributed by atoms with Gasteiger partial charge >= 0.3 is 0 Å². The molecule has 0 saturated heterocycles. The van der Waals surface area contributed by atoms with Crippen molar-refractivity contribution >= 4 is 11.8 Å². The number of aromatic nitrogens is 1. The van der Waals surface area contributed by atoms with Gasteiger partial charge in [-0.2, -0.15) is 0 Å². The zero-order chi connectivity index (χ0) is 26.6. The Balaban J connectivity index is 1.97. The van der Waals surface area contributed by atoms with Crippen molar-refractivity contribution < 1.29 is 28.9 Å². The minimum absolute atomic E-state index is 0.0437. The minimum atomic E-state index is -1.22. The van der Waals surface area contributed by atoms with Crippen LogP contribution >= 0.6 is 0 Å². The molecule has 192 valence electrons. The molecule has 0 bridgehead atoms. The lowest BCUT2D eigenvalue weighted by Gasteiger charge is -2.37. The fourth-order valence-electron chi connectivity index (χ4n) is 3.81. The number of fused-ring (bicyclic) bond motifs is 1. The van der Waals surface area contributed by atoms with Crippen LogP contribution in [0.1, 0.15) is 54.0 Å². The van der Waals surface area contributed by atoms with Gasteiger partial charge in [0.25, 0.3) is 11.8 Å². The molecule has 3 atom stereocenters. The van der Waals surface area contributed by atoms with Gasteiger partial charge in [-0.3, -0.25) is 9.59 Å². The van der Waals surface area contributed by atoms with E-state index >= 15 is 0 Å². The van der Waals surface area contributed by atoms with Crippen LogP contribution in [0.2, 0.25) is 0 Å². The van der Waals surface area contributed by atoms with E-state index in [-0.39, 0.29) is 48.5 Å². The number of hydrogen-bond donors (Lipinski definition) is 2. The lowest BCUT2D eigenvalue weighted by atomic mass is 9.99. The summed E-state index contributed by atoms with van der Waals surface area (Å²) in [6.45, 7) is 6.84. The first-order valence-corrected chi connectivity index (χ1v) is 11.7. The van der Waals surface area contributed by atoms with Gasteiger partial charge < -0.3 is 24.7 Å². The zero-order valence-electron chi connectivity index (χ0n) is 21.2. The molecule has 2 amide bonds. The fourth-order valence-corrected chi connectivity index (χ4v) is 3.81. The van der Waals surface area contributed by atoms with Gasteiger partial charge in [-0.25, -0.2) is 9.37 Å². The molecule has 0 fully saturated rings. The van der Waals surface area contributed by atoms with E-state index in [0.717, 1.165) is 0 Å². The smallest absolute Gasteiger partial charge is 0.259 e. The van der Waals surface area contributed by atoms with Gasteiger partial charge in [-0.15, -0.1) is 0 Å². The van der Waals surface area contributed by atoms with Crippen LogP contribution in [0, 0.1) is 23.6 Å². The number of benzene rings is 1. The Morgan fingerprint density at radius 1 is 1.39 bits per heavy atom. The average molecular weight is 498 g/mol. The number of aliphatic hydroxyl groups excluding tert-OH is 1. The number of likely N-dealkylation sites (N-methyl/N-ethyl adjacent to an activating group) is 1. The van der Waals surface area contributed by atoms with Gasteiger partial charge in [-0.05, 0) is 39.0 Å². The van der Waals surface area contributed by atoms with Crippen LogP contribution in [0.15, 0.2) is 36.5 Å². The van der Waals surface area contributed by atoms with Crippen molar-refractivity contribution in [2.24, 2.45) is 5.92 Å². The Labute approximate surface area is 210 Å². The van der Waals surface area contributed by atoms with E-state index in [2.05, 4.69) is 16.8 Å². The summed E-state index contributed by atoms with van der Waals surface area (Å²) >= 11 is 0. The average Bonchev–Trinajstić information content (AvgIpc) is 2.83. The third kappa shape index (κ3) is 6.39. The molecule has 0 unspecified atom stereocenters. The Hall–Kier alpha value is -3.48. The van der Waals surface area contributed by atoms with E-state index in [1.54, 1.807) is 44.9 Å². The van der Waals surface area contributed by atoms with Gasteiger partial charge in [0.15, 0.2) is 0 Å². The number of amides is 2. The third-order valence-corrected chi connectivity index (χ3v) is 5.94. The minimum Gasteiger partial charge on any atom is -0.472 e. The summed E-state index contributed by atoms with van der Waals surface area (Å²) in [5, 5.41) is 19.7. The van der Waals surface area contributed by atoms with Crippen molar-refractivity contribution in [3.63, 3.8) is 0 Å². The second kappa shape index (κ2) is 11.1. The van der Waals surface area contributed by atoms with Crippen molar-refractivity contribution in [2.75, 3.05) is 26.7 Å². The number of nitrogens with zero attached hydrogens (tertiary/aromatic N) is 3. The summed E-state index contributed by atoms with van der Waals surface area (Å²) in [6.07, 6.45) is 0.870. The normalized spacial score (nSPS) is 18.7. The molecule has 1 aliphatic rings. The molecule has 8 nitrogen and oxygen atoms in total. The number of rotatable bonds is 5. The van der Waals surface area contributed by atoms with Crippen molar-refractivity contribution in [2.45, 2.75) is 45.4 Å². The molecule has 1 aliphatic heterocycles. The monoisotopic (exact) mass is 497 g/mol. The maximum Gasteiger partial charge on any atom is 0.259 e. The molecule has 36 heavy (non-hydrogen) atoms. The molecule has 9 heteroatoms. The quantitative estimate of drug-likeness (QED) is 0.615. The topological polar surface area (TPSA) is 103 Å². The molecule has 0 saturated carbocycles. The van der Waals surface area contributed by atoms with Gasteiger partial charge in [0.05, 0.1) is 24.8 Å². The Morgan fingerprint density at radius 3 is 2.72 bits per heavy atom. The lowest BCUT2D eigenvalue weighted by molar-refractivity contribution is 0.0312. The summed E-state index contributed by atoms with van der Waals surface area (Å²) in [5.41, 5.74) is -0.685. The molecule has 2 N–H and O–H groups in total. The first kappa shape index (κ1) is 27.1. The standard InChI is InChI=1S/C27H32FN3O5/c1-17-14-31(18(2)16-32)26(34)21-12-19(10-11-27(3,4)35)13-29-24(21)36-23(17)15-30(5)25(33)20-8-6-7-9-22(20)28/h6-9,12-13,17-18,23,32,35H,14-16H2,1-5H3/t17-,18+,23+/m1/s1. The first-order valence-electron chi connectivity index (χ1n) is 11.7. The van der Waals surface area contributed by atoms with Crippen LogP contribution in [-0.4, -0.2) is 81.3 Å². The molecule has 3 rings (SSSR count). The summed E-state index contributed by atoms with van der Waals surface area (Å²) in [7, 11) is 1.56. The van der Waals surface area contributed by atoms with Crippen LogP contribution in [0.25, 0.3) is 0 Å². The van der Waals surface area contributed by atoms with Crippen LogP contribution in [0.5, 0.6) is 5.88 Å². The van der Waals surface area contributed by atoms with E-state index in [1.165, 1.54) is 29.3 Å². The van der Waals surface area contributed by atoms with Crippen molar-refractivity contribution in [3.05, 3.63) is 59.0 Å². The molecule has 2 aromatic rings. The van der Waals surface area contributed by atoms with E-state index in [9.17, 15) is 24.2 Å². The van der Waals surface area contributed by atoms with Gasteiger partial charge in [-0.1, -0.05) is 30.9 Å². The van der Waals surface area contributed by atoms with Gasteiger partial charge in [0.2, 0.25) is 5.88 Å². The Morgan fingerprint density at radius 2 is 2.08 bits per heavy atom. The maximum atomic E-state index is 14.2. The molecule has 0 spiro atoms. The summed E-state index contributed by atoms with van der Waals surface area (Å²) in [4.78, 5) is 33.6. The molecule has 2 heterocycles. The van der Waals surface area contributed by atoms with Crippen molar-refractivity contribution in [1.82, 2.24) is 14.8 Å². The van der Waals surface area contributed by atoms with Crippen LogP contribution in [-0.2, 0) is 0 Å². The summed E-state index contributed by atoms with van der Waals surface area (Å²) in [6, 6.07) is 6.83. The predicted molar refractivity (Wildman–Crippen MR) is 132 cm³/mol. The number of halogens is 1. The van der Waals surface area contributed by atoms with Crippen LogP contribution in [0.4, 0.5) is 4.39 Å². The van der Waals surface area contributed by atoms with Gasteiger partial charge in [0, 0.05) is 31.3 Å². The highest BCUT2D eigenvalue weighted by Gasteiger charge is 2.35. The van der Waals surface area contributed by atoms with Crippen LogP contribution < -0.4 is 4.74 Å². The third-order valence-electron chi connectivity index (χ3n) is 5.94. The second-order valence-electron chi connectivity index (χ2n) is 9.67. The number of hydrogen-bond acceptors (Lipinski definition) is 6. The van der Waals surface area contributed by atoms with Crippen molar-refractivity contribution in [3.8, 4) is 17.7 Å². The number of carbonyl (C=O) groups excluding carboxylic acids is 2. The number of pyridine rings is 1. The maximum absolute atomic E-state index is 14.2. The highest BCUT2D eigenvalue weighted by atomic mass is 19.1. The molecule has 0 radical (unpaired) electrons. The number of carbonyl (C=O) groups is 2. The van der Waals surface area contributed by atoms with Gasteiger partial charge in [0.1, 0.15) is 23.1 Å². The van der Waals surface area contributed by atoms with E-state index < -0.39 is 29.5 Å². The number of aliphatic hydroxyl groups is 2. The Bertz CT molecular complexity index is 1180. The van der Waals surface area contributed by atoms with E-state index in [0.29, 0.717) is 5.56 Å². The van der Waals surface area contributed by atoms with E-state index in [4.69, 9.17) is 4.74 Å². The highest BCUT2D eigenvalue weighted by molar-refractivity contribution is 5.97. The highest BCUT2D eigenvalue weighted by Crippen LogP contribution is 2.27. The Kier molecular flexibility index (Phi) is 8.33. The number of ether oxygens (including phenoxy) is 1. The lowest BCUT2D eigenvalue weighted by Crippen LogP contribution is -2.50. The molecular formula is C27H32FN3O5. The van der Waals surface area contributed by atoms with Crippen LogP contribution in [0.3, 0.4) is 0 Å². The van der Waals surface area contributed by atoms with E-state index in [1.807, 2.05) is 6.92 Å². The zero-order valence-corrected chi connectivity index (χ0v) is 21.2. The molecule has 0 aliphatic carbocycles. The predicted octanol–water partition coefficient (Wildman–Crippen LogP) is 2.34. The van der Waals surface area contributed by atoms with Crippen molar-refractivity contribution in [1.29, 1.82) is 0 Å². The second-order valence-corrected chi connectivity index (χ2v) is 9.67. The largest absolute Gasteiger partial charge is 0.472 e. The SMILES string of the molecule is C[C@@H]1CN([C@@H](C)CO)C(=O)c2cc(C#CC(C)(C)O)cnc2O[C@H]1CN(C)C(=O)c1ccccc1F. The first-order chi connectivity index (χ1) is 16.9. The summed E-state index contributed by atoms with van der Waals surface area (Å²) < 4.78 is 20.3. The molecule has 1 aromatic carbocycles. The molecule has 1 aromatic heterocycles.